The number of amides is 5. The number of aromatic nitrogens is 2. The molecule has 0 unspecified atom stereocenters. The minimum absolute atomic E-state index is 0.0427. The van der Waals surface area contributed by atoms with Crippen molar-refractivity contribution >= 4 is 29.6 Å². The Balaban J connectivity index is 1.35. The number of carbonyl (C=O) groups is 4. The molecular weight excluding hydrogens is 464 g/mol. The normalized spacial score (nSPS) is 21.2. The van der Waals surface area contributed by atoms with Gasteiger partial charge in [0.2, 0.25) is 11.5 Å². The molecule has 2 atom stereocenters. The fraction of sp³-hybridized carbons (Fsp3) is 0.440. The first-order valence-electron chi connectivity index (χ1n) is 12.0. The zero-order valence-electron chi connectivity index (χ0n) is 20.2. The Morgan fingerprint density at radius 2 is 2.00 bits per heavy atom. The molecule has 1 aromatic carbocycles. The molecule has 36 heavy (non-hydrogen) atoms. The highest BCUT2D eigenvalue weighted by molar-refractivity contribution is 6.06. The van der Waals surface area contributed by atoms with Gasteiger partial charge in [-0.15, -0.1) is 0 Å². The summed E-state index contributed by atoms with van der Waals surface area (Å²) in [6.07, 6.45) is 6.77. The molecular formula is C25H28N6O5. The van der Waals surface area contributed by atoms with Crippen LogP contribution in [-0.4, -0.2) is 63.3 Å². The monoisotopic (exact) mass is 492 g/mol. The third-order valence-corrected chi connectivity index (χ3v) is 7.22. The summed E-state index contributed by atoms with van der Waals surface area (Å²) in [5.41, 5.74) is 1.30. The molecule has 1 aromatic heterocycles. The maximum Gasteiger partial charge on any atom is 0.418 e. The van der Waals surface area contributed by atoms with E-state index in [4.69, 9.17) is 4.74 Å². The maximum absolute atomic E-state index is 13.6. The van der Waals surface area contributed by atoms with E-state index in [0.717, 1.165) is 28.9 Å². The van der Waals surface area contributed by atoms with Crippen LogP contribution in [0.3, 0.4) is 0 Å². The van der Waals surface area contributed by atoms with E-state index in [-0.39, 0.29) is 24.4 Å². The van der Waals surface area contributed by atoms with Crippen molar-refractivity contribution in [3.8, 4) is 0 Å². The van der Waals surface area contributed by atoms with Gasteiger partial charge >= 0.3 is 12.1 Å². The molecule has 188 valence electrons. The van der Waals surface area contributed by atoms with Gasteiger partial charge in [-0.2, -0.15) is 0 Å². The largest absolute Gasteiger partial charge is 0.427 e. The second-order valence-electron chi connectivity index (χ2n) is 9.51. The molecule has 11 heteroatoms. The van der Waals surface area contributed by atoms with Crippen molar-refractivity contribution in [1.82, 2.24) is 25.1 Å². The summed E-state index contributed by atoms with van der Waals surface area (Å²) in [5, 5.41) is 5.19. The van der Waals surface area contributed by atoms with Gasteiger partial charge in [0.05, 0.1) is 0 Å². The lowest BCUT2D eigenvalue weighted by Crippen LogP contribution is -2.47. The first-order valence-corrected chi connectivity index (χ1v) is 12.0. The van der Waals surface area contributed by atoms with Crippen LogP contribution in [0.5, 0.6) is 0 Å². The maximum atomic E-state index is 13.6. The molecule has 2 aromatic rings. The Morgan fingerprint density at radius 3 is 2.69 bits per heavy atom. The van der Waals surface area contributed by atoms with Crippen LogP contribution in [0, 0.1) is 5.92 Å². The van der Waals surface area contributed by atoms with Crippen molar-refractivity contribution < 1.29 is 23.9 Å². The number of nitrogens with zero attached hydrogens (tertiary/aromatic N) is 4. The van der Waals surface area contributed by atoms with Crippen LogP contribution in [-0.2, 0) is 32.9 Å². The second-order valence-corrected chi connectivity index (χ2v) is 9.51. The van der Waals surface area contributed by atoms with Gasteiger partial charge in [-0.3, -0.25) is 9.59 Å². The number of hydrogen-bond acceptors (Lipinski definition) is 7. The summed E-state index contributed by atoms with van der Waals surface area (Å²) in [7, 11) is 1.52. The lowest BCUT2D eigenvalue weighted by molar-refractivity contribution is -0.143. The number of aryl methyl sites for hydroxylation is 1. The molecule has 2 fully saturated rings. The number of nitrogens with one attached hydrogen (secondary N) is 2. The predicted molar refractivity (Wildman–Crippen MR) is 127 cm³/mol. The minimum Gasteiger partial charge on any atom is -0.427 e. The second kappa shape index (κ2) is 9.21. The number of imide groups is 1. The number of urea groups is 1. The van der Waals surface area contributed by atoms with Crippen LogP contribution >= 0.6 is 0 Å². The lowest BCUT2D eigenvalue weighted by Gasteiger charge is -2.30. The standard InChI is InChI=1S/C25H28N6O5/c1-15(17-3-4-17)30(12-16-10-27-14-28-11-16)21(32)13-31-22(33)25(36-24(31)35)8-7-18-9-19(5-6-20(18)25)29-23(34)26-2/h5-6,9-11,14-15,17H,3-4,7-8,12-13H2,1-2H3,(H2,26,29,34)/t15-,25+/m0/s1. The van der Waals surface area contributed by atoms with Crippen molar-refractivity contribution in [3.63, 3.8) is 0 Å². The molecule has 2 N–H and O–H groups in total. The molecule has 1 saturated carbocycles. The van der Waals surface area contributed by atoms with E-state index in [0.29, 0.717) is 30.1 Å². The van der Waals surface area contributed by atoms with Crippen molar-refractivity contribution in [1.29, 1.82) is 0 Å². The van der Waals surface area contributed by atoms with E-state index >= 15 is 0 Å². The summed E-state index contributed by atoms with van der Waals surface area (Å²) in [6, 6.07) is 4.73. The first kappa shape index (κ1) is 23.7. The van der Waals surface area contributed by atoms with Gasteiger partial charge in [0.1, 0.15) is 12.9 Å². The van der Waals surface area contributed by atoms with Crippen molar-refractivity contribution in [3.05, 3.63) is 53.6 Å². The van der Waals surface area contributed by atoms with Crippen LogP contribution in [0.15, 0.2) is 36.9 Å². The smallest absolute Gasteiger partial charge is 0.418 e. The van der Waals surface area contributed by atoms with Gasteiger partial charge in [0, 0.05) is 55.3 Å². The molecule has 5 rings (SSSR count). The molecule has 2 aliphatic carbocycles. The summed E-state index contributed by atoms with van der Waals surface area (Å²) >= 11 is 0. The highest BCUT2D eigenvalue weighted by Crippen LogP contribution is 2.46. The molecule has 2 heterocycles. The number of fused-ring (bicyclic) bond motifs is 2. The van der Waals surface area contributed by atoms with Crippen molar-refractivity contribution in [2.45, 2.75) is 50.8 Å². The highest BCUT2D eigenvalue weighted by atomic mass is 16.6. The average molecular weight is 493 g/mol. The zero-order valence-corrected chi connectivity index (χ0v) is 20.2. The number of carbonyl (C=O) groups excluding carboxylic acids is 4. The molecule has 1 aliphatic heterocycles. The Bertz CT molecular complexity index is 1220. The van der Waals surface area contributed by atoms with E-state index in [9.17, 15) is 19.2 Å². The fourth-order valence-corrected chi connectivity index (χ4v) is 5.05. The van der Waals surface area contributed by atoms with E-state index in [1.165, 1.54) is 13.4 Å². The van der Waals surface area contributed by atoms with Gasteiger partial charge in [0.25, 0.3) is 5.91 Å². The highest BCUT2D eigenvalue weighted by Gasteiger charge is 2.58. The number of hydrogen-bond donors (Lipinski definition) is 2. The Morgan fingerprint density at radius 1 is 1.25 bits per heavy atom. The average Bonchev–Trinajstić information content (AvgIpc) is 3.63. The number of rotatable bonds is 7. The molecule has 0 bridgehead atoms. The predicted octanol–water partition coefficient (Wildman–Crippen LogP) is 2.18. The van der Waals surface area contributed by atoms with E-state index in [1.54, 1.807) is 35.5 Å². The first-order chi connectivity index (χ1) is 17.3. The Kier molecular flexibility index (Phi) is 6.07. The topological polar surface area (TPSA) is 134 Å². The molecule has 1 saturated heterocycles. The van der Waals surface area contributed by atoms with Crippen LogP contribution in [0.25, 0.3) is 0 Å². The molecule has 1 spiro atoms. The molecule has 5 amide bonds. The Hall–Kier alpha value is -4.02. The van der Waals surface area contributed by atoms with Gasteiger partial charge < -0.3 is 20.3 Å². The minimum atomic E-state index is -1.45. The van der Waals surface area contributed by atoms with Gasteiger partial charge in [-0.05, 0) is 49.8 Å². The van der Waals surface area contributed by atoms with Gasteiger partial charge in [-0.25, -0.2) is 24.5 Å². The van der Waals surface area contributed by atoms with Crippen LogP contribution in [0.1, 0.15) is 42.9 Å². The van der Waals surface area contributed by atoms with Gasteiger partial charge in [-0.1, -0.05) is 6.07 Å². The summed E-state index contributed by atoms with van der Waals surface area (Å²) < 4.78 is 5.67. The van der Waals surface area contributed by atoms with Crippen LogP contribution < -0.4 is 10.6 Å². The van der Waals surface area contributed by atoms with Crippen LogP contribution in [0.2, 0.25) is 0 Å². The van der Waals surface area contributed by atoms with Crippen molar-refractivity contribution in [2.75, 3.05) is 18.9 Å². The number of ether oxygens (including phenoxy) is 1. The summed E-state index contributed by atoms with van der Waals surface area (Å²) in [6.45, 7) is 1.89. The Labute approximate surface area is 208 Å². The van der Waals surface area contributed by atoms with Crippen molar-refractivity contribution in [2.24, 2.45) is 5.92 Å². The van der Waals surface area contributed by atoms with Gasteiger partial charge in [0.15, 0.2) is 0 Å². The lowest BCUT2D eigenvalue weighted by atomic mass is 9.94. The van der Waals surface area contributed by atoms with Crippen LogP contribution in [0.4, 0.5) is 15.3 Å². The molecule has 11 nitrogen and oxygen atoms in total. The third-order valence-electron chi connectivity index (χ3n) is 7.22. The zero-order chi connectivity index (χ0) is 25.4. The number of benzene rings is 1. The summed E-state index contributed by atoms with van der Waals surface area (Å²) in [4.78, 5) is 62.2. The number of anilines is 1. The van der Waals surface area contributed by atoms with E-state index in [2.05, 4.69) is 20.6 Å². The fourth-order valence-electron chi connectivity index (χ4n) is 5.05. The van der Waals surface area contributed by atoms with E-state index < -0.39 is 24.1 Å². The SMILES string of the molecule is CNC(=O)Nc1ccc2c(c1)CC[C@@]21OC(=O)N(CC(=O)N(Cc2cncnc2)[C@@H](C)C2CC2)C1=O. The molecule has 0 radical (unpaired) electrons. The quantitative estimate of drug-likeness (QED) is 0.605. The third kappa shape index (κ3) is 4.25. The van der Waals surface area contributed by atoms with E-state index in [1.807, 2.05) is 6.92 Å². The molecule has 3 aliphatic rings. The summed E-state index contributed by atoms with van der Waals surface area (Å²) in [5.74, 6) is -0.469.